The summed E-state index contributed by atoms with van der Waals surface area (Å²) in [6, 6.07) is 17.2. The molecule has 0 unspecified atom stereocenters. The van der Waals surface area contributed by atoms with Gasteiger partial charge in [-0.3, -0.25) is 10.1 Å². The molecular weight excluding hydrogens is 416 g/mol. The van der Waals surface area contributed by atoms with Crippen molar-refractivity contribution in [1.29, 1.82) is 0 Å². The lowest BCUT2D eigenvalue weighted by Crippen LogP contribution is -2.37. The van der Waals surface area contributed by atoms with Gasteiger partial charge in [-0.05, 0) is 47.9 Å². The molecule has 2 aromatic carbocycles. The molecular formula is C23H25ClN4O3. The molecule has 0 saturated heterocycles. The maximum atomic E-state index is 13.0. The van der Waals surface area contributed by atoms with Gasteiger partial charge in [0.25, 0.3) is 5.69 Å². The van der Waals surface area contributed by atoms with Gasteiger partial charge in [-0.2, -0.15) is 0 Å². The number of benzene rings is 2. The quantitative estimate of drug-likeness (QED) is 0.355. The summed E-state index contributed by atoms with van der Waals surface area (Å²) >= 11 is 6.10. The minimum atomic E-state index is -0.468. The number of hydrogen-bond donors (Lipinski definition) is 1. The van der Waals surface area contributed by atoms with Crippen molar-refractivity contribution in [2.75, 3.05) is 11.9 Å². The summed E-state index contributed by atoms with van der Waals surface area (Å²) in [6.45, 7) is 5.77. The number of anilines is 1. The van der Waals surface area contributed by atoms with Gasteiger partial charge in [0.1, 0.15) is 0 Å². The third kappa shape index (κ3) is 6.33. The van der Waals surface area contributed by atoms with E-state index in [4.69, 9.17) is 11.6 Å². The molecule has 2 amide bonds. The molecule has 0 aliphatic rings. The predicted molar refractivity (Wildman–Crippen MR) is 122 cm³/mol. The fourth-order valence-corrected chi connectivity index (χ4v) is 3.52. The Labute approximate surface area is 186 Å². The van der Waals surface area contributed by atoms with E-state index >= 15 is 0 Å². The normalized spacial score (nSPS) is 10.8. The van der Waals surface area contributed by atoms with E-state index in [1.54, 1.807) is 4.90 Å². The highest BCUT2D eigenvalue weighted by Gasteiger charge is 2.18. The number of carbonyl (C=O) groups is 1. The van der Waals surface area contributed by atoms with Crippen LogP contribution < -0.4 is 5.32 Å². The Morgan fingerprint density at radius 1 is 1.16 bits per heavy atom. The van der Waals surface area contributed by atoms with E-state index in [-0.39, 0.29) is 17.6 Å². The number of non-ortho nitro benzene ring substituents is 1. The van der Waals surface area contributed by atoms with Crippen molar-refractivity contribution >= 4 is 29.0 Å². The molecule has 0 spiro atoms. The van der Waals surface area contributed by atoms with Crippen LogP contribution in [0.4, 0.5) is 16.2 Å². The summed E-state index contributed by atoms with van der Waals surface area (Å²) < 4.78 is 2.10. The monoisotopic (exact) mass is 440 g/mol. The minimum absolute atomic E-state index is 0.0177. The predicted octanol–water partition coefficient (Wildman–Crippen LogP) is 5.79. The zero-order chi connectivity index (χ0) is 22.4. The first-order valence-electron chi connectivity index (χ1n) is 10.0. The zero-order valence-corrected chi connectivity index (χ0v) is 18.2. The van der Waals surface area contributed by atoms with Crippen molar-refractivity contribution in [2.45, 2.75) is 26.9 Å². The molecule has 0 aliphatic heterocycles. The van der Waals surface area contributed by atoms with Gasteiger partial charge in [0, 0.05) is 47.8 Å². The Morgan fingerprint density at radius 2 is 1.90 bits per heavy atom. The standard InChI is InChI=1S/C23H25ClN4O3/c1-17(2)14-27(23(29)25-20-8-10-21(11-9-20)28(30)31)16-22-7-4-12-26(22)15-18-5-3-6-19(24)13-18/h3-13,17H,14-16H2,1-2H3,(H,25,29). The number of rotatable bonds is 8. The molecule has 1 aromatic heterocycles. The smallest absolute Gasteiger partial charge is 0.322 e. The van der Waals surface area contributed by atoms with Crippen molar-refractivity contribution in [3.63, 3.8) is 0 Å². The van der Waals surface area contributed by atoms with Crippen LogP contribution in [0, 0.1) is 16.0 Å². The number of urea groups is 1. The highest BCUT2D eigenvalue weighted by atomic mass is 35.5. The summed E-state index contributed by atoms with van der Waals surface area (Å²) in [4.78, 5) is 25.1. The highest BCUT2D eigenvalue weighted by molar-refractivity contribution is 6.30. The molecule has 0 bridgehead atoms. The van der Waals surface area contributed by atoms with Crippen molar-refractivity contribution < 1.29 is 9.72 Å². The second-order valence-corrected chi connectivity index (χ2v) is 8.20. The molecule has 1 N–H and O–H groups in total. The fourth-order valence-electron chi connectivity index (χ4n) is 3.30. The van der Waals surface area contributed by atoms with Crippen molar-refractivity contribution in [1.82, 2.24) is 9.47 Å². The number of aromatic nitrogens is 1. The second kappa shape index (κ2) is 10.1. The molecule has 3 rings (SSSR count). The van der Waals surface area contributed by atoms with Crippen LogP contribution in [-0.2, 0) is 13.1 Å². The molecule has 7 nitrogen and oxygen atoms in total. The van der Waals surface area contributed by atoms with Crippen LogP contribution in [0.1, 0.15) is 25.1 Å². The van der Waals surface area contributed by atoms with E-state index in [9.17, 15) is 14.9 Å². The summed E-state index contributed by atoms with van der Waals surface area (Å²) in [5.41, 5.74) is 2.57. The minimum Gasteiger partial charge on any atom is -0.345 e. The summed E-state index contributed by atoms with van der Waals surface area (Å²) in [6.07, 6.45) is 1.98. The van der Waals surface area contributed by atoms with E-state index in [2.05, 4.69) is 23.7 Å². The number of nitro groups is 1. The Morgan fingerprint density at radius 3 is 2.55 bits per heavy atom. The van der Waals surface area contributed by atoms with Gasteiger partial charge in [-0.15, -0.1) is 0 Å². The molecule has 162 valence electrons. The van der Waals surface area contributed by atoms with Crippen LogP contribution in [0.2, 0.25) is 5.02 Å². The van der Waals surface area contributed by atoms with Crippen LogP contribution in [-0.4, -0.2) is 27.0 Å². The largest absolute Gasteiger partial charge is 0.345 e. The number of carbonyl (C=O) groups excluding carboxylic acids is 1. The number of halogens is 1. The molecule has 8 heteroatoms. The Hall–Kier alpha value is -3.32. The Bertz CT molecular complexity index is 1050. The number of nitrogens with zero attached hydrogens (tertiary/aromatic N) is 3. The molecule has 31 heavy (non-hydrogen) atoms. The first kappa shape index (κ1) is 22.4. The van der Waals surface area contributed by atoms with Crippen LogP contribution in [0.25, 0.3) is 0 Å². The lowest BCUT2D eigenvalue weighted by atomic mass is 10.2. The van der Waals surface area contributed by atoms with Crippen LogP contribution in [0.3, 0.4) is 0 Å². The lowest BCUT2D eigenvalue weighted by molar-refractivity contribution is -0.384. The topological polar surface area (TPSA) is 80.4 Å². The van der Waals surface area contributed by atoms with E-state index in [1.807, 2.05) is 42.6 Å². The molecule has 0 saturated carbocycles. The second-order valence-electron chi connectivity index (χ2n) is 7.77. The molecule has 0 aliphatic carbocycles. The summed E-state index contributed by atoms with van der Waals surface area (Å²) in [5.74, 6) is 0.277. The van der Waals surface area contributed by atoms with Gasteiger partial charge in [0.15, 0.2) is 0 Å². The maximum absolute atomic E-state index is 13.0. The van der Waals surface area contributed by atoms with Gasteiger partial charge < -0.3 is 14.8 Å². The zero-order valence-electron chi connectivity index (χ0n) is 17.5. The van der Waals surface area contributed by atoms with Crippen molar-refractivity contribution in [3.8, 4) is 0 Å². The number of hydrogen-bond acceptors (Lipinski definition) is 3. The molecule has 1 heterocycles. The average molecular weight is 441 g/mol. The fraction of sp³-hybridized carbons (Fsp3) is 0.261. The molecule has 0 atom stereocenters. The summed E-state index contributed by atoms with van der Waals surface area (Å²) in [5, 5.41) is 14.4. The van der Waals surface area contributed by atoms with E-state index in [0.717, 1.165) is 11.3 Å². The number of nitro benzene ring substituents is 1. The molecule has 0 fully saturated rings. The van der Waals surface area contributed by atoms with E-state index < -0.39 is 4.92 Å². The van der Waals surface area contributed by atoms with Crippen LogP contribution in [0.5, 0.6) is 0 Å². The van der Waals surface area contributed by atoms with Gasteiger partial charge in [-0.25, -0.2) is 4.79 Å². The van der Waals surface area contributed by atoms with Gasteiger partial charge in [0.2, 0.25) is 0 Å². The molecule has 3 aromatic rings. The molecule has 0 radical (unpaired) electrons. The van der Waals surface area contributed by atoms with Crippen molar-refractivity contribution in [2.24, 2.45) is 5.92 Å². The highest BCUT2D eigenvalue weighted by Crippen LogP contribution is 2.18. The third-order valence-electron chi connectivity index (χ3n) is 4.72. The Kier molecular flexibility index (Phi) is 7.31. The number of amides is 2. The SMILES string of the molecule is CC(C)CN(Cc1cccn1Cc1cccc(Cl)c1)C(=O)Nc1ccc([N+](=O)[O-])cc1. The Balaban J connectivity index is 1.73. The van der Waals surface area contributed by atoms with Crippen LogP contribution in [0.15, 0.2) is 66.9 Å². The average Bonchev–Trinajstić information content (AvgIpc) is 3.14. The maximum Gasteiger partial charge on any atom is 0.322 e. The summed E-state index contributed by atoms with van der Waals surface area (Å²) in [7, 11) is 0. The van der Waals surface area contributed by atoms with Gasteiger partial charge >= 0.3 is 6.03 Å². The van der Waals surface area contributed by atoms with E-state index in [1.165, 1.54) is 24.3 Å². The van der Waals surface area contributed by atoms with Gasteiger partial charge in [-0.1, -0.05) is 37.6 Å². The van der Waals surface area contributed by atoms with Crippen molar-refractivity contribution in [3.05, 3.63) is 93.3 Å². The first-order valence-corrected chi connectivity index (χ1v) is 10.4. The lowest BCUT2D eigenvalue weighted by Gasteiger charge is -2.25. The third-order valence-corrected chi connectivity index (χ3v) is 4.96. The van der Waals surface area contributed by atoms with Crippen LogP contribution >= 0.6 is 11.6 Å². The van der Waals surface area contributed by atoms with E-state index in [0.29, 0.717) is 30.3 Å². The number of nitrogens with one attached hydrogen (secondary N) is 1. The van der Waals surface area contributed by atoms with Gasteiger partial charge in [0.05, 0.1) is 11.5 Å². The first-order chi connectivity index (χ1) is 14.8.